The van der Waals surface area contributed by atoms with Crippen molar-refractivity contribution in [1.29, 1.82) is 0 Å². The molecule has 0 heterocycles. The van der Waals surface area contributed by atoms with Crippen LogP contribution in [0.5, 0.6) is 0 Å². The Morgan fingerprint density at radius 3 is 2.40 bits per heavy atom. The summed E-state index contributed by atoms with van der Waals surface area (Å²) in [5, 5.41) is 1.03. The number of rotatable bonds is 2. The van der Waals surface area contributed by atoms with Crippen LogP contribution in [0.25, 0.3) is 0 Å². The van der Waals surface area contributed by atoms with Gasteiger partial charge in [0.15, 0.2) is 0 Å². The lowest BCUT2D eigenvalue weighted by molar-refractivity contribution is -0.151. The average Bonchev–Trinajstić information content (AvgIpc) is 1.81. The Hall–Kier alpha value is -0.230. The predicted octanol–water partition coefficient (Wildman–Crippen LogP) is 1.27. The maximum atomic E-state index is 11.3. The highest BCUT2D eigenvalue weighted by molar-refractivity contribution is 7.78. The number of hydrogen-bond donors (Lipinski definition) is 0. The number of halogens is 3. The Kier molecular flexibility index (Phi) is 3.73. The lowest BCUT2D eigenvalue weighted by Gasteiger charge is -2.09. The van der Waals surface area contributed by atoms with Gasteiger partial charge in [-0.05, 0) is 0 Å². The first-order chi connectivity index (χ1) is 4.45. The Morgan fingerprint density at radius 2 is 2.10 bits per heavy atom. The van der Waals surface area contributed by atoms with Gasteiger partial charge in [-0.3, -0.25) is 0 Å². The van der Waals surface area contributed by atoms with Crippen molar-refractivity contribution in [1.82, 2.24) is 0 Å². The second-order valence-corrected chi connectivity index (χ2v) is 2.60. The summed E-state index contributed by atoms with van der Waals surface area (Å²) in [7, 11) is -1.92. The first-order valence-electron chi connectivity index (χ1n) is 2.36. The van der Waals surface area contributed by atoms with Crippen molar-refractivity contribution in [3.63, 3.8) is 0 Å². The van der Waals surface area contributed by atoms with E-state index in [1.807, 2.05) is 0 Å². The van der Waals surface area contributed by atoms with Crippen LogP contribution in [-0.4, -0.2) is 18.2 Å². The van der Waals surface area contributed by atoms with Gasteiger partial charge < -0.3 is 8.39 Å². The minimum atomic E-state index is -4.40. The zero-order chi connectivity index (χ0) is 8.20. The molecule has 0 fully saturated rings. The van der Waals surface area contributed by atoms with E-state index in [2.05, 4.69) is 4.18 Å². The predicted molar refractivity (Wildman–Crippen MR) is 31.8 cm³/mol. The molecule has 0 rings (SSSR count). The molecule has 6 heteroatoms. The molecule has 0 saturated heterocycles. The summed E-state index contributed by atoms with van der Waals surface area (Å²) in [6.07, 6.45) is -4.40. The Bertz CT molecular complexity index is 168. The normalized spacial score (nSPS) is 15.6. The summed E-state index contributed by atoms with van der Waals surface area (Å²) < 4.78 is 47.9. The second kappa shape index (κ2) is 3.82. The second-order valence-electron chi connectivity index (χ2n) is 1.37. The molecular formula is C4H6F3O2S-. The summed E-state index contributed by atoms with van der Waals surface area (Å²) >= 11 is 0. The molecule has 0 atom stereocenters. The molecule has 0 bridgehead atoms. The van der Waals surface area contributed by atoms with E-state index < -0.39 is 23.5 Å². The van der Waals surface area contributed by atoms with E-state index in [9.17, 15) is 17.4 Å². The Balaban J connectivity index is 3.67. The van der Waals surface area contributed by atoms with Crippen molar-refractivity contribution in [2.45, 2.75) is 13.1 Å². The minimum absolute atomic E-state index is 1.03. The lowest BCUT2D eigenvalue weighted by atomic mass is 10.7. The highest BCUT2D eigenvalue weighted by atomic mass is 32.2. The van der Waals surface area contributed by atoms with E-state index in [0.717, 1.165) is 5.37 Å². The summed E-state index contributed by atoms with van der Waals surface area (Å²) in [6.45, 7) is -0.115. The molecular weight excluding hydrogens is 169 g/mol. The molecule has 0 amide bonds. The van der Waals surface area contributed by atoms with Crippen LogP contribution in [0, 0.1) is 0 Å². The van der Waals surface area contributed by atoms with Gasteiger partial charge in [-0.25, -0.2) is 0 Å². The fraction of sp³-hybridized carbons (Fsp3) is 0.750. The van der Waals surface area contributed by atoms with E-state index >= 15 is 0 Å². The lowest BCUT2D eigenvalue weighted by Crippen LogP contribution is -2.16. The van der Waals surface area contributed by atoms with Gasteiger partial charge in [0.1, 0.15) is 6.61 Å². The Morgan fingerprint density at radius 1 is 1.60 bits per heavy atom. The van der Waals surface area contributed by atoms with Crippen LogP contribution in [0.4, 0.5) is 13.2 Å². The van der Waals surface area contributed by atoms with E-state index in [-0.39, 0.29) is 0 Å². The van der Waals surface area contributed by atoms with Crippen molar-refractivity contribution in [2.75, 3.05) is 6.61 Å². The SMILES string of the molecule is CC=[S-](=O)OCC(F)(F)F. The minimum Gasteiger partial charge on any atom is -0.444 e. The molecule has 0 aromatic rings. The third-order valence-corrected chi connectivity index (χ3v) is 1.27. The average molecular weight is 175 g/mol. The molecule has 2 nitrogen and oxygen atoms in total. The largest absolute Gasteiger partial charge is 0.444 e. The number of hydrogen-bond acceptors (Lipinski definition) is 3. The fourth-order valence-electron chi connectivity index (χ4n) is 0.193. The van der Waals surface area contributed by atoms with E-state index in [4.69, 9.17) is 0 Å². The third-order valence-electron chi connectivity index (χ3n) is 0.531. The zero-order valence-electron chi connectivity index (χ0n) is 5.14. The zero-order valence-corrected chi connectivity index (χ0v) is 5.96. The molecule has 0 aromatic heterocycles. The molecule has 0 saturated carbocycles. The number of alkyl halides is 3. The molecule has 0 unspecified atom stereocenters. The van der Waals surface area contributed by atoms with Gasteiger partial charge >= 0.3 is 6.18 Å². The highest BCUT2D eigenvalue weighted by Gasteiger charge is 2.25. The maximum Gasteiger partial charge on any atom is 0.409 e. The summed E-state index contributed by atoms with van der Waals surface area (Å²) in [5.41, 5.74) is 0. The van der Waals surface area contributed by atoms with Crippen molar-refractivity contribution < 1.29 is 21.6 Å². The monoisotopic (exact) mass is 175 g/mol. The van der Waals surface area contributed by atoms with Gasteiger partial charge in [-0.1, -0.05) is 6.92 Å². The van der Waals surface area contributed by atoms with Crippen molar-refractivity contribution in [3.8, 4) is 0 Å². The van der Waals surface area contributed by atoms with Crippen LogP contribution >= 0.6 is 0 Å². The van der Waals surface area contributed by atoms with Crippen molar-refractivity contribution >= 4 is 16.0 Å². The van der Waals surface area contributed by atoms with E-state index in [0.29, 0.717) is 0 Å². The van der Waals surface area contributed by atoms with Gasteiger partial charge in [0.05, 0.1) is 0 Å². The van der Waals surface area contributed by atoms with Crippen molar-refractivity contribution in [2.24, 2.45) is 0 Å². The molecule has 0 N–H and O–H groups in total. The first-order valence-corrected chi connectivity index (χ1v) is 3.49. The molecule has 10 heavy (non-hydrogen) atoms. The summed E-state index contributed by atoms with van der Waals surface area (Å²) in [6, 6.07) is 0. The molecule has 0 aliphatic carbocycles. The van der Waals surface area contributed by atoms with Gasteiger partial charge in [0.2, 0.25) is 0 Å². The molecule has 0 aliphatic heterocycles. The van der Waals surface area contributed by atoms with E-state index in [1.165, 1.54) is 6.92 Å². The van der Waals surface area contributed by atoms with Crippen LogP contribution in [0.1, 0.15) is 6.92 Å². The molecule has 0 spiro atoms. The maximum absolute atomic E-state index is 11.3. The van der Waals surface area contributed by atoms with Crippen LogP contribution in [0.15, 0.2) is 0 Å². The molecule has 0 aliphatic rings. The smallest absolute Gasteiger partial charge is 0.409 e. The van der Waals surface area contributed by atoms with Gasteiger partial charge in [0, 0.05) is 0 Å². The standard InChI is InChI=1S/C4H6F3O2S/c1-2-10(8)9-3-4(5,6)7/h2H,3H2,1H3/q-1. The van der Waals surface area contributed by atoms with Crippen LogP contribution in [0.2, 0.25) is 0 Å². The van der Waals surface area contributed by atoms with Crippen LogP contribution < -0.4 is 0 Å². The topological polar surface area (TPSA) is 26.3 Å². The van der Waals surface area contributed by atoms with Gasteiger partial charge in [-0.15, -0.1) is 0 Å². The molecule has 62 valence electrons. The quantitative estimate of drug-likeness (QED) is 0.466. The third kappa shape index (κ3) is 5.90. The summed E-state index contributed by atoms with van der Waals surface area (Å²) in [4.78, 5) is 0. The van der Waals surface area contributed by atoms with E-state index in [1.54, 1.807) is 0 Å². The summed E-state index contributed by atoms with van der Waals surface area (Å²) in [5.74, 6) is 0. The first kappa shape index (κ1) is 9.77. The molecule has 0 aromatic carbocycles. The highest BCUT2D eigenvalue weighted by Crippen LogP contribution is 2.14. The van der Waals surface area contributed by atoms with Gasteiger partial charge in [-0.2, -0.15) is 29.2 Å². The Labute approximate surface area is 58.2 Å². The van der Waals surface area contributed by atoms with Crippen LogP contribution in [0.3, 0.4) is 0 Å². The van der Waals surface area contributed by atoms with Gasteiger partial charge in [0.25, 0.3) is 0 Å². The van der Waals surface area contributed by atoms with Crippen LogP contribution in [-0.2, 0) is 19.1 Å². The fourth-order valence-corrected chi connectivity index (χ4v) is 0.579. The molecule has 0 radical (unpaired) electrons. The van der Waals surface area contributed by atoms with Crippen molar-refractivity contribution in [3.05, 3.63) is 0 Å².